The van der Waals surface area contributed by atoms with Gasteiger partial charge in [0.1, 0.15) is 0 Å². The summed E-state index contributed by atoms with van der Waals surface area (Å²) in [6, 6.07) is 5.46. The summed E-state index contributed by atoms with van der Waals surface area (Å²) in [5, 5.41) is 11.7. The SMILES string of the molecule is O=C(O)CCC(=O)NCCc1cc(Cl)ccc1Br. The van der Waals surface area contributed by atoms with E-state index < -0.39 is 5.97 Å². The van der Waals surface area contributed by atoms with E-state index in [4.69, 9.17) is 16.7 Å². The van der Waals surface area contributed by atoms with E-state index in [1.807, 2.05) is 12.1 Å². The van der Waals surface area contributed by atoms with Crippen molar-refractivity contribution in [1.29, 1.82) is 0 Å². The molecule has 0 aromatic heterocycles. The Bertz CT molecular complexity index is 451. The van der Waals surface area contributed by atoms with Crippen molar-refractivity contribution in [2.45, 2.75) is 19.3 Å². The number of carbonyl (C=O) groups is 2. The lowest BCUT2D eigenvalue weighted by atomic mass is 10.1. The Labute approximate surface area is 118 Å². The number of halogens is 2. The second-order valence-corrected chi connectivity index (χ2v) is 5.02. The normalized spacial score (nSPS) is 10.1. The van der Waals surface area contributed by atoms with Crippen LogP contribution in [0.4, 0.5) is 0 Å². The summed E-state index contributed by atoms with van der Waals surface area (Å²) in [5.74, 6) is -1.22. The Hall–Kier alpha value is -1.07. The highest BCUT2D eigenvalue weighted by atomic mass is 79.9. The van der Waals surface area contributed by atoms with Gasteiger partial charge in [0.25, 0.3) is 0 Å². The number of hydrogen-bond acceptors (Lipinski definition) is 2. The van der Waals surface area contributed by atoms with Crippen LogP contribution in [0.15, 0.2) is 22.7 Å². The molecule has 1 amide bonds. The molecule has 0 heterocycles. The molecule has 0 saturated heterocycles. The van der Waals surface area contributed by atoms with Gasteiger partial charge in [-0.05, 0) is 30.2 Å². The van der Waals surface area contributed by atoms with E-state index in [0.29, 0.717) is 18.0 Å². The van der Waals surface area contributed by atoms with Gasteiger partial charge in [0.15, 0.2) is 0 Å². The summed E-state index contributed by atoms with van der Waals surface area (Å²) in [4.78, 5) is 21.6. The minimum Gasteiger partial charge on any atom is -0.481 e. The Morgan fingerprint density at radius 2 is 2.06 bits per heavy atom. The van der Waals surface area contributed by atoms with Crippen molar-refractivity contribution in [3.8, 4) is 0 Å². The molecule has 2 N–H and O–H groups in total. The molecular weight excluding hydrogens is 321 g/mol. The number of nitrogens with one attached hydrogen (secondary N) is 1. The van der Waals surface area contributed by atoms with Gasteiger partial charge in [0.05, 0.1) is 6.42 Å². The molecule has 1 aromatic rings. The molecule has 18 heavy (non-hydrogen) atoms. The van der Waals surface area contributed by atoms with Gasteiger partial charge < -0.3 is 10.4 Å². The van der Waals surface area contributed by atoms with Gasteiger partial charge in [-0.1, -0.05) is 27.5 Å². The van der Waals surface area contributed by atoms with Crippen LogP contribution in [0.5, 0.6) is 0 Å². The van der Waals surface area contributed by atoms with Crippen molar-refractivity contribution in [2.24, 2.45) is 0 Å². The molecule has 4 nitrogen and oxygen atoms in total. The highest BCUT2D eigenvalue weighted by Gasteiger charge is 2.05. The van der Waals surface area contributed by atoms with E-state index in [0.717, 1.165) is 10.0 Å². The molecule has 0 aliphatic heterocycles. The van der Waals surface area contributed by atoms with Crippen molar-refractivity contribution in [3.63, 3.8) is 0 Å². The summed E-state index contributed by atoms with van der Waals surface area (Å²) in [7, 11) is 0. The van der Waals surface area contributed by atoms with Crippen LogP contribution in [0.2, 0.25) is 5.02 Å². The number of carboxylic acid groups (broad SMARTS) is 1. The van der Waals surface area contributed by atoms with E-state index in [1.54, 1.807) is 6.07 Å². The lowest BCUT2D eigenvalue weighted by Crippen LogP contribution is -2.26. The van der Waals surface area contributed by atoms with Crippen LogP contribution >= 0.6 is 27.5 Å². The third kappa shape index (κ3) is 5.51. The average Bonchev–Trinajstić information content (AvgIpc) is 2.31. The van der Waals surface area contributed by atoms with Crippen LogP contribution in [-0.4, -0.2) is 23.5 Å². The first-order valence-electron chi connectivity index (χ1n) is 5.41. The Morgan fingerprint density at radius 3 is 2.72 bits per heavy atom. The molecule has 0 fully saturated rings. The summed E-state index contributed by atoms with van der Waals surface area (Å²) in [5.41, 5.74) is 1.00. The van der Waals surface area contributed by atoms with Crippen molar-refractivity contribution in [2.75, 3.05) is 6.54 Å². The largest absolute Gasteiger partial charge is 0.481 e. The van der Waals surface area contributed by atoms with Crippen molar-refractivity contribution in [3.05, 3.63) is 33.3 Å². The highest BCUT2D eigenvalue weighted by molar-refractivity contribution is 9.10. The Kier molecular flexibility index (Phi) is 6.15. The van der Waals surface area contributed by atoms with Gasteiger partial charge >= 0.3 is 5.97 Å². The van der Waals surface area contributed by atoms with Gasteiger partial charge in [-0.25, -0.2) is 0 Å². The van der Waals surface area contributed by atoms with E-state index in [9.17, 15) is 9.59 Å². The maximum Gasteiger partial charge on any atom is 0.303 e. The Balaban J connectivity index is 2.35. The van der Waals surface area contributed by atoms with Crippen molar-refractivity contribution in [1.82, 2.24) is 5.32 Å². The van der Waals surface area contributed by atoms with E-state index in [1.165, 1.54) is 0 Å². The first kappa shape index (κ1) is 15.0. The number of carbonyl (C=O) groups excluding carboxylic acids is 1. The second-order valence-electron chi connectivity index (χ2n) is 3.73. The van der Waals surface area contributed by atoms with Crippen LogP contribution in [0.3, 0.4) is 0 Å². The topological polar surface area (TPSA) is 66.4 Å². The predicted octanol–water partition coefficient (Wildman–Crippen LogP) is 2.63. The fraction of sp³-hybridized carbons (Fsp3) is 0.333. The van der Waals surface area contributed by atoms with E-state index >= 15 is 0 Å². The number of rotatable bonds is 6. The Morgan fingerprint density at radius 1 is 1.33 bits per heavy atom. The van der Waals surface area contributed by atoms with E-state index in [2.05, 4.69) is 21.2 Å². The molecule has 98 valence electrons. The molecule has 0 radical (unpaired) electrons. The van der Waals surface area contributed by atoms with Gasteiger partial charge in [-0.15, -0.1) is 0 Å². The summed E-state index contributed by atoms with van der Waals surface area (Å²) >= 11 is 9.27. The molecule has 0 aliphatic rings. The summed E-state index contributed by atoms with van der Waals surface area (Å²) in [6.45, 7) is 0.456. The van der Waals surface area contributed by atoms with Crippen LogP contribution in [0.1, 0.15) is 18.4 Å². The average molecular weight is 335 g/mol. The first-order chi connectivity index (χ1) is 8.49. The molecule has 1 aromatic carbocycles. The lowest BCUT2D eigenvalue weighted by Gasteiger charge is -2.06. The first-order valence-corrected chi connectivity index (χ1v) is 6.58. The fourth-order valence-corrected chi connectivity index (χ4v) is 2.02. The molecule has 0 aliphatic carbocycles. The monoisotopic (exact) mass is 333 g/mol. The van der Waals surface area contributed by atoms with Crippen LogP contribution < -0.4 is 5.32 Å². The molecule has 0 spiro atoms. The molecule has 0 unspecified atom stereocenters. The van der Waals surface area contributed by atoms with Crippen molar-refractivity contribution < 1.29 is 14.7 Å². The summed E-state index contributed by atoms with van der Waals surface area (Å²) in [6.07, 6.45) is 0.499. The summed E-state index contributed by atoms with van der Waals surface area (Å²) < 4.78 is 0.937. The molecular formula is C12H13BrClNO3. The zero-order chi connectivity index (χ0) is 13.5. The van der Waals surface area contributed by atoms with Crippen LogP contribution in [-0.2, 0) is 16.0 Å². The lowest BCUT2D eigenvalue weighted by molar-refractivity contribution is -0.138. The fourth-order valence-electron chi connectivity index (χ4n) is 1.38. The van der Waals surface area contributed by atoms with Gasteiger partial charge in [0.2, 0.25) is 5.91 Å². The third-order valence-corrected chi connectivity index (χ3v) is 3.30. The maximum absolute atomic E-state index is 11.3. The molecule has 0 bridgehead atoms. The van der Waals surface area contributed by atoms with Gasteiger partial charge in [-0.3, -0.25) is 9.59 Å². The number of benzene rings is 1. The second kappa shape index (κ2) is 7.38. The highest BCUT2D eigenvalue weighted by Crippen LogP contribution is 2.21. The van der Waals surface area contributed by atoms with Gasteiger partial charge in [0, 0.05) is 22.5 Å². The van der Waals surface area contributed by atoms with Crippen LogP contribution in [0, 0.1) is 0 Å². The number of aliphatic carboxylic acids is 1. The predicted molar refractivity (Wildman–Crippen MR) is 72.7 cm³/mol. The number of amides is 1. The minimum absolute atomic E-state index is 0.00600. The third-order valence-electron chi connectivity index (χ3n) is 2.29. The number of hydrogen-bond donors (Lipinski definition) is 2. The molecule has 1 rings (SSSR count). The number of carboxylic acids is 1. The molecule has 0 saturated carbocycles. The van der Waals surface area contributed by atoms with Gasteiger partial charge in [-0.2, -0.15) is 0 Å². The molecule has 0 atom stereocenters. The zero-order valence-electron chi connectivity index (χ0n) is 9.58. The zero-order valence-corrected chi connectivity index (χ0v) is 11.9. The van der Waals surface area contributed by atoms with Crippen LogP contribution in [0.25, 0.3) is 0 Å². The molecule has 6 heteroatoms. The van der Waals surface area contributed by atoms with Crippen molar-refractivity contribution >= 4 is 39.4 Å². The maximum atomic E-state index is 11.3. The minimum atomic E-state index is -0.970. The quantitative estimate of drug-likeness (QED) is 0.840. The standard InChI is InChI=1S/C12H13BrClNO3/c13-10-2-1-9(14)7-8(10)5-6-15-11(16)3-4-12(17)18/h1-2,7H,3-6H2,(H,15,16)(H,17,18). The van der Waals surface area contributed by atoms with E-state index in [-0.39, 0.29) is 18.7 Å². The smallest absolute Gasteiger partial charge is 0.303 e.